The molecule has 0 saturated carbocycles. The van der Waals surface area contributed by atoms with Crippen LogP contribution in [0.3, 0.4) is 0 Å². The third kappa shape index (κ3) is 4.86. The van der Waals surface area contributed by atoms with Gasteiger partial charge in [-0.05, 0) is 60.2 Å². The summed E-state index contributed by atoms with van der Waals surface area (Å²) in [6.45, 7) is 3.66. The number of aryl methyl sites for hydroxylation is 1. The van der Waals surface area contributed by atoms with E-state index < -0.39 is 6.10 Å². The number of fused-ring (bicyclic) bond motifs is 1. The van der Waals surface area contributed by atoms with E-state index in [0.29, 0.717) is 30.3 Å². The molecule has 1 fully saturated rings. The van der Waals surface area contributed by atoms with Gasteiger partial charge in [-0.2, -0.15) is 0 Å². The monoisotopic (exact) mass is 504 g/mol. The molecule has 4 rings (SSSR count). The smallest absolute Gasteiger partial charge is 0.251 e. The molecule has 3 N–H and O–H groups in total. The Morgan fingerprint density at radius 2 is 2.06 bits per heavy atom. The molecular formula is C21H25BrN6O2S. The molecule has 3 heterocycles. The van der Waals surface area contributed by atoms with Gasteiger partial charge < -0.3 is 20.3 Å². The number of amides is 1. The number of rotatable bonds is 6. The van der Waals surface area contributed by atoms with Crippen molar-refractivity contribution in [2.45, 2.75) is 48.9 Å². The lowest BCUT2D eigenvalue weighted by molar-refractivity contribution is -0.140. The largest absolute Gasteiger partial charge is 0.384 e. The van der Waals surface area contributed by atoms with Gasteiger partial charge in [-0.3, -0.25) is 4.79 Å². The Hall–Kier alpha value is -2.17. The highest BCUT2D eigenvalue weighted by Crippen LogP contribution is 2.35. The number of aliphatic hydroxyl groups excluding tert-OH is 1. The Kier molecular flexibility index (Phi) is 6.78. The van der Waals surface area contributed by atoms with Gasteiger partial charge in [0.1, 0.15) is 12.4 Å². The molecule has 0 unspecified atom stereocenters. The second-order valence-corrected chi connectivity index (χ2v) is 9.61. The van der Waals surface area contributed by atoms with Crippen molar-refractivity contribution >= 4 is 50.6 Å². The molecule has 0 radical (unpaired) electrons. The van der Waals surface area contributed by atoms with Crippen LogP contribution in [0.4, 0.5) is 5.82 Å². The summed E-state index contributed by atoms with van der Waals surface area (Å²) in [6.07, 6.45) is 3.35. The van der Waals surface area contributed by atoms with Crippen molar-refractivity contribution in [1.82, 2.24) is 24.4 Å². The third-order valence-corrected chi connectivity index (χ3v) is 7.63. The molecule has 1 saturated heterocycles. The Labute approximate surface area is 193 Å². The molecule has 3 aromatic rings. The lowest BCUT2D eigenvalue weighted by atomic mass is 9.93. The molecule has 1 aliphatic heterocycles. The predicted octanol–water partition coefficient (Wildman–Crippen LogP) is 3.33. The van der Waals surface area contributed by atoms with Crippen LogP contribution in [-0.4, -0.2) is 54.6 Å². The molecule has 8 nitrogen and oxygen atoms in total. The molecule has 10 heteroatoms. The third-order valence-electron chi connectivity index (χ3n) is 5.61. The van der Waals surface area contributed by atoms with Crippen molar-refractivity contribution in [3.8, 4) is 0 Å². The fourth-order valence-electron chi connectivity index (χ4n) is 3.86. The number of hydrogen-bond donors (Lipinski definition) is 2. The molecule has 0 bridgehead atoms. The van der Waals surface area contributed by atoms with Gasteiger partial charge in [-0.1, -0.05) is 23.9 Å². The maximum absolute atomic E-state index is 12.0. The van der Waals surface area contributed by atoms with E-state index >= 15 is 0 Å². The average Bonchev–Trinajstić information content (AvgIpc) is 3.12. The number of hydrogen-bond acceptors (Lipinski definition) is 7. The van der Waals surface area contributed by atoms with E-state index in [9.17, 15) is 9.90 Å². The zero-order valence-electron chi connectivity index (χ0n) is 17.2. The van der Waals surface area contributed by atoms with Gasteiger partial charge in [0.25, 0.3) is 5.91 Å². The first-order valence-corrected chi connectivity index (χ1v) is 11.9. The molecular weight excluding hydrogens is 480 g/mol. The minimum absolute atomic E-state index is 0.182. The first kappa shape index (κ1) is 22.0. The number of nitrogens with zero attached hydrogens (tertiary/aromatic N) is 5. The molecule has 1 amide bonds. The highest BCUT2D eigenvalue weighted by molar-refractivity contribution is 9.10. The topological polar surface area (TPSA) is 110 Å². The quantitative estimate of drug-likeness (QED) is 0.529. The van der Waals surface area contributed by atoms with E-state index in [2.05, 4.69) is 30.5 Å². The van der Waals surface area contributed by atoms with Gasteiger partial charge >= 0.3 is 0 Å². The first-order chi connectivity index (χ1) is 14.9. The Balaban J connectivity index is 1.51. The molecule has 0 aliphatic carbocycles. The molecule has 0 spiro atoms. The summed E-state index contributed by atoms with van der Waals surface area (Å²) in [5.41, 5.74) is 7.42. The lowest BCUT2D eigenvalue weighted by Gasteiger charge is -2.32. The Morgan fingerprint density at radius 1 is 1.32 bits per heavy atom. The van der Waals surface area contributed by atoms with E-state index in [1.165, 1.54) is 13.3 Å². The van der Waals surface area contributed by atoms with Gasteiger partial charge in [0.05, 0.1) is 0 Å². The van der Waals surface area contributed by atoms with Crippen LogP contribution in [0.5, 0.6) is 0 Å². The van der Waals surface area contributed by atoms with Crippen molar-refractivity contribution in [1.29, 1.82) is 0 Å². The van der Waals surface area contributed by atoms with Crippen molar-refractivity contribution in [3.05, 3.63) is 35.1 Å². The SMILES string of the molecule is C[C@H](O)C(=O)N1CCC(CCn2c(Sc3ccccc3Br)nc3c(N)ncnc32)CC1. The normalized spacial score (nSPS) is 16.0. The number of benzene rings is 1. The van der Waals surface area contributed by atoms with Gasteiger partial charge in [-0.25, -0.2) is 15.0 Å². The number of nitrogens with two attached hydrogens (primary N) is 1. The Bertz CT molecular complexity index is 1080. The minimum Gasteiger partial charge on any atom is -0.384 e. The number of anilines is 1. The first-order valence-electron chi connectivity index (χ1n) is 10.3. The van der Waals surface area contributed by atoms with E-state index in [1.54, 1.807) is 16.7 Å². The Morgan fingerprint density at radius 3 is 2.77 bits per heavy atom. The number of imidazole rings is 1. The van der Waals surface area contributed by atoms with Crippen LogP contribution in [0, 0.1) is 5.92 Å². The summed E-state index contributed by atoms with van der Waals surface area (Å²) < 4.78 is 3.12. The number of halogens is 1. The standard InChI is InChI=1S/C21H25BrN6O2S/c1-13(29)20(30)27-9-6-14(7-10-27)8-11-28-19-17(18(23)24-12-25-19)26-21(28)31-16-5-3-2-4-15(16)22/h2-5,12-14,29H,6-11H2,1H3,(H2,23,24,25)/t13-/m0/s1. The zero-order valence-corrected chi connectivity index (χ0v) is 19.6. The summed E-state index contributed by atoms with van der Waals surface area (Å²) in [5.74, 6) is 0.692. The summed E-state index contributed by atoms with van der Waals surface area (Å²) in [6, 6.07) is 8.03. The van der Waals surface area contributed by atoms with Crippen molar-refractivity contribution in [2.24, 2.45) is 5.92 Å². The van der Waals surface area contributed by atoms with Crippen LogP contribution < -0.4 is 5.73 Å². The average molecular weight is 505 g/mol. The number of likely N-dealkylation sites (tertiary alicyclic amines) is 1. The summed E-state index contributed by atoms with van der Waals surface area (Å²) in [5, 5.41) is 10.4. The van der Waals surface area contributed by atoms with Gasteiger partial charge in [0, 0.05) is 29.0 Å². The van der Waals surface area contributed by atoms with Crippen molar-refractivity contribution in [3.63, 3.8) is 0 Å². The van der Waals surface area contributed by atoms with Gasteiger partial charge in [0.2, 0.25) is 0 Å². The fraction of sp³-hybridized carbons (Fsp3) is 0.429. The maximum atomic E-state index is 12.0. The van der Waals surface area contributed by atoms with E-state index in [0.717, 1.165) is 46.0 Å². The van der Waals surface area contributed by atoms with Gasteiger partial charge in [-0.15, -0.1) is 0 Å². The molecule has 1 atom stereocenters. The van der Waals surface area contributed by atoms with Crippen LogP contribution >= 0.6 is 27.7 Å². The number of nitrogen functional groups attached to an aromatic ring is 1. The predicted molar refractivity (Wildman–Crippen MR) is 124 cm³/mol. The van der Waals surface area contributed by atoms with Crippen LogP contribution in [-0.2, 0) is 11.3 Å². The lowest BCUT2D eigenvalue weighted by Crippen LogP contribution is -2.43. The number of carbonyl (C=O) groups excluding carboxylic acids is 1. The summed E-state index contributed by atoms with van der Waals surface area (Å²) in [4.78, 5) is 28.1. The van der Waals surface area contributed by atoms with Crippen LogP contribution in [0.1, 0.15) is 26.2 Å². The molecule has 2 aromatic heterocycles. The van der Waals surface area contributed by atoms with Crippen molar-refractivity contribution < 1.29 is 9.90 Å². The van der Waals surface area contributed by atoms with Crippen LogP contribution in [0.2, 0.25) is 0 Å². The fourth-order valence-corrected chi connectivity index (χ4v) is 5.32. The van der Waals surface area contributed by atoms with Crippen LogP contribution in [0.25, 0.3) is 11.2 Å². The highest BCUT2D eigenvalue weighted by atomic mass is 79.9. The molecule has 31 heavy (non-hydrogen) atoms. The maximum Gasteiger partial charge on any atom is 0.251 e. The van der Waals surface area contributed by atoms with E-state index in [1.807, 2.05) is 24.3 Å². The minimum atomic E-state index is -0.934. The summed E-state index contributed by atoms with van der Waals surface area (Å²) in [7, 11) is 0. The van der Waals surface area contributed by atoms with E-state index in [4.69, 9.17) is 10.7 Å². The molecule has 1 aliphatic rings. The number of carbonyl (C=O) groups is 1. The molecule has 164 valence electrons. The number of piperidine rings is 1. The van der Waals surface area contributed by atoms with E-state index in [-0.39, 0.29) is 5.91 Å². The molecule has 1 aromatic carbocycles. The zero-order chi connectivity index (χ0) is 22.0. The van der Waals surface area contributed by atoms with Crippen LogP contribution in [0.15, 0.2) is 45.1 Å². The second-order valence-electron chi connectivity index (χ2n) is 7.74. The second kappa shape index (κ2) is 9.54. The number of aromatic nitrogens is 4. The summed E-state index contributed by atoms with van der Waals surface area (Å²) >= 11 is 5.18. The number of aliphatic hydroxyl groups is 1. The van der Waals surface area contributed by atoms with Crippen molar-refractivity contribution in [2.75, 3.05) is 18.8 Å². The highest BCUT2D eigenvalue weighted by Gasteiger charge is 2.25. The van der Waals surface area contributed by atoms with Gasteiger partial charge in [0.15, 0.2) is 22.1 Å².